The summed E-state index contributed by atoms with van der Waals surface area (Å²) in [4.78, 5) is 20.1. The fourth-order valence-corrected chi connectivity index (χ4v) is 2.75. The quantitative estimate of drug-likeness (QED) is 0.524. The van der Waals surface area contributed by atoms with Gasteiger partial charge in [0, 0.05) is 24.4 Å². The number of hydrogen-bond donors (Lipinski definition) is 3. The van der Waals surface area contributed by atoms with Crippen LogP contribution in [0.5, 0.6) is 5.75 Å². The van der Waals surface area contributed by atoms with Gasteiger partial charge in [0.05, 0.1) is 11.8 Å². The van der Waals surface area contributed by atoms with Gasteiger partial charge in [0.15, 0.2) is 0 Å². The van der Waals surface area contributed by atoms with Crippen LogP contribution in [0.1, 0.15) is 26.6 Å². The molecule has 1 amide bonds. The fourth-order valence-electron chi connectivity index (χ4n) is 2.75. The zero-order valence-electron chi connectivity index (χ0n) is 17.0. The van der Waals surface area contributed by atoms with Gasteiger partial charge in [-0.05, 0) is 57.2 Å². The number of benzene rings is 2. The monoisotopic (exact) mass is 391 g/mol. The van der Waals surface area contributed by atoms with Gasteiger partial charge in [0.1, 0.15) is 23.2 Å². The van der Waals surface area contributed by atoms with E-state index in [1.54, 1.807) is 0 Å². The minimum atomic E-state index is -0.102. The minimum absolute atomic E-state index is 0.0720. The van der Waals surface area contributed by atoms with E-state index in [0.717, 1.165) is 22.8 Å². The molecule has 7 nitrogen and oxygen atoms in total. The minimum Gasteiger partial charge on any atom is -0.489 e. The second-order valence-corrected chi connectivity index (χ2v) is 6.86. The molecule has 3 N–H and O–H groups in total. The molecule has 0 unspecified atom stereocenters. The first-order valence-electron chi connectivity index (χ1n) is 9.42. The first-order chi connectivity index (χ1) is 13.9. The lowest BCUT2D eigenvalue weighted by molar-refractivity contribution is -0.114. The summed E-state index contributed by atoms with van der Waals surface area (Å²) in [5.74, 6) is 2.62. The van der Waals surface area contributed by atoms with Crippen LogP contribution in [0, 0.1) is 6.92 Å². The maximum Gasteiger partial charge on any atom is 0.221 e. The molecular weight excluding hydrogens is 366 g/mol. The molecule has 0 saturated carbocycles. The van der Waals surface area contributed by atoms with E-state index < -0.39 is 0 Å². The molecule has 0 saturated heterocycles. The van der Waals surface area contributed by atoms with Gasteiger partial charge in [0.2, 0.25) is 5.91 Å². The zero-order chi connectivity index (χ0) is 20.8. The van der Waals surface area contributed by atoms with Crippen molar-refractivity contribution in [2.75, 3.05) is 16.0 Å². The number of ether oxygens (including phenoxy) is 1. The van der Waals surface area contributed by atoms with Crippen LogP contribution in [0.15, 0.2) is 54.6 Å². The summed E-state index contributed by atoms with van der Waals surface area (Å²) in [6.45, 7) is 7.30. The van der Waals surface area contributed by atoms with E-state index in [0.29, 0.717) is 17.5 Å². The number of aromatic nitrogens is 2. The molecule has 1 heterocycles. The van der Waals surface area contributed by atoms with Crippen LogP contribution in [0.4, 0.5) is 28.7 Å². The van der Waals surface area contributed by atoms with E-state index >= 15 is 0 Å². The fraction of sp³-hybridized carbons (Fsp3) is 0.227. The molecule has 3 aromatic rings. The zero-order valence-corrected chi connectivity index (χ0v) is 17.0. The Hall–Kier alpha value is -3.61. The lowest BCUT2D eigenvalue weighted by Gasteiger charge is -2.16. The molecule has 0 aliphatic heterocycles. The molecule has 0 atom stereocenters. The van der Waals surface area contributed by atoms with Crippen molar-refractivity contribution in [3.05, 3.63) is 60.4 Å². The van der Waals surface area contributed by atoms with Gasteiger partial charge in [-0.25, -0.2) is 9.97 Å². The van der Waals surface area contributed by atoms with Crippen LogP contribution in [-0.4, -0.2) is 22.0 Å². The Kier molecular flexibility index (Phi) is 6.29. The van der Waals surface area contributed by atoms with Crippen LogP contribution in [0.3, 0.4) is 0 Å². The maximum atomic E-state index is 11.1. The molecule has 2 aromatic carbocycles. The summed E-state index contributed by atoms with van der Waals surface area (Å²) in [6, 6.07) is 17.0. The summed E-state index contributed by atoms with van der Waals surface area (Å²) in [6.07, 6.45) is 0.0720. The highest BCUT2D eigenvalue weighted by Gasteiger charge is 2.08. The second-order valence-electron chi connectivity index (χ2n) is 6.86. The van der Waals surface area contributed by atoms with Gasteiger partial charge >= 0.3 is 0 Å². The van der Waals surface area contributed by atoms with E-state index in [-0.39, 0.29) is 12.0 Å². The van der Waals surface area contributed by atoms with Gasteiger partial charge < -0.3 is 20.7 Å². The lowest BCUT2D eigenvalue weighted by atomic mass is 10.2. The Labute approximate surface area is 170 Å². The Morgan fingerprint density at radius 1 is 0.931 bits per heavy atom. The van der Waals surface area contributed by atoms with Gasteiger partial charge in [-0.1, -0.05) is 12.1 Å². The molecule has 29 heavy (non-hydrogen) atoms. The van der Waals surface area contributed by atoms with Crippen LogP contribution in [0.25, 0.3) is 0 Å². The Balaban J connectivity index is 1.78. The van der Waals surface area contributed by atoms with Crippen molar-refractivity contribution in [1.29, 1.82) is 0 Å². The number of nitrogens with one attached hydrogen (secondary N) is 3. The molecule has 0 radical (unpaired) electrons. The van der Waals surface area contributed by atoms with Crippen LogP contribution in [-0.2, 0) is 4.79 Å². The van der Waals surface area contributed by atoms with Crippen molar-refractivity contribution in [2.24, 2.45) is 0 Å². The number of amides is 1. The highest BCUT2D eigenvalue weighted by Crippen LogP contribution is 2.28. The summed E-state index contributed by atoms with van der Waals surface area (Å²) in [5.41, 5.74) is 2.43. The van der Waals surface area contributed by atoms with E-state index in [1.807, 2.05) is 75.4 Å². The number of anilines is 5. The standard InChI is InChI=1S/C22H25N5O2/c1-14(2)29-20-8-6-5-7-19(20)27-22-13-21(23-15(3)24-22)26-18-11-9-17(10-12-18)25-16(4)28/h5-14H,1-4H3,(H,25,28)(H2,23,24,26,27). The number of para-hydroxylation sites is 2. The first-order valence-corrected chi connectivity index (χ1v) is 9.42. The van der Waals surface area contributed by atoms with Crippen molar-refractivity contribution in [3.8, 4) is 5.75 Å². The van der Waals surface area contributed by atoms with Crippen LogP contribution >= 0.6 is 0 Å². The Morgan fingerprint density at radius 2 is 1.55 bits per heavy atom. The van der Waals surface area contributed by atoms with E-state index in [1.165, 1.54) is 6.92 Å². The number of aryl methyl sites for hydroxylation is 1. The number of carbonyl (C=O) groups excluding carboxylic acids is 1. The van der Waals surface area contributed by atoms with Crippen molar-refractivity contribution in [2.45, 2.75) is 33.8 Å². The molecule has 150 valence electrons. The van der Waals surface area contributed by atoms with E-state index in [4.69, 9.17) is 4.74 Å². The average molecular weight is 391 g/mol. The third kappa shape index (κ3) is 5.93. The van der Waals surface area contributed by atoms with Gasteiger partial charge in [0.25, 0.3) is 0 Å². The third-order valence-corrected chi connectivity index (χ3v) is 3.83. The lowest BCUT2D eigenvalue weighted by Crippen LogP contribution is -2.08. The Bertz CT molecular complexity index is 987. The largest absolute Gasteiger partial charge is 0.489 e. The van der Waals surface area contributed by atoms with E-state index in [2.05, 4.69) is 25.9 Å². The SMILES string of the molecule is CC(=O)Nc1ccc(Nc2cc(Nc3ccccc3OC(C)C)nc(C)n2)cc1. The summed E-state index contributed by atoms with van der Waals surface area (Å²) >= 11 is 0. The first kappa shape index (κ1) is 20.1. The highest BCUT2D eigenvalue weighted by atomic mass is 16.5. The summed E-state index contributed by atoms with van der Waals surface area (Å²) in [5, 5.41) is 9.32. The predicted molar refractivity (Wildman–Crippen MR) is 116 cm³/mol. The molecule has 7 heteroatoms. The molecule has 0 fully saturated rings. The van der Waals surface area contributed by atoms with Crippen LogP contribution < -0.4 is 20.7 Å². The normalized spacial score (nSPS) is 10.5. The molecule has 3 rings (SSSR count). The molecule has 0 aliphatic carbocycles. The highest BCUT2D eigenvalue weighted by molar-refractivity contribution is 5.88. The molecule has 0 spiro atoms. The van der Waals surface area contributed by atoms with Crippen molar-refractivity contribution in [1.82, 2.24) is 9.97 Å². The van der Waals surface area contributed by atoms with Crippen molar-refractivity contribution in [3.63, 3.8) is 0 Å². The number of nitrogens with zero attached hydrogens (tertiary/aromatic N) is 2. The van der Waals surface area contributed by atoms with Crippen molar-refractivity contribution >= 4 is 34.6 Å². The summed E-state index contributed by atoms with van der Waals surface area (Å²) in [7, 11) is 0. The average Bonchev–Trinajstić information content (AvgIpc) is 2.64. The third-order valence-electron chi connectivity index (χ3n) is 3.83. The van der Waals surface area contributed by atoms with Gasteiger partial charge in [-0.3, -0.25) is 4.79 Å². The predicted octanol–water partition coefficient (Wildman–Crippen LogP) is 5.02. The summed E-state index contributed by atoms with van der Waals surface area (Å²) < 4.78 is 5.86. The molecular formula is C22H25N5O2. The van der Waals surface area contributed by atoms with Gasteiger partial charge in [-0.2, -0.15) is 0 Å². The second kappa shape index (κ2) is 9.05. The molecule has 0 bridgehead atoms. The Morgan fingerprint density at radius 3 is 2.21 bits per heavy atom. The number of carbonyl (C=O) groups is 1. The topological polar surface area (TPSA) is 88.2 Å². The molecule has 1 aromatic heterocycles. The van der Waals surface area contributed by atoms with Crippen LogP contribution in [0.2, 0.25) is 0 Å². The number of hydrogen-bond acceptors (Lipinski definition) is 6. The smallest absolute Gasteiger partial charge is 0.221 e. The van der Waals surface area contributed by atoms with Crippen molar-refractivity contribution < 1.29 is 9.53 Å². The van der Waals surface area contributed by atoms with E-state index in [9.17, 15) is 4.79 Å². The van der Waals surface area contributed by atoms with Gasteiger partial charge in [-0.15, -0.1) is 0 Å². The number of rotatable bonds is 7. The molecule has 0 aliphatic rings. The maximum absolute atomic E-state index is 11.1.